The molecule has 0 spiro atoms. The Morgan fingerprint density at radius 3 is 2.71 bits per heavy atom. The number of nitrogens with one attached hydrogen (secondary N) is 1. The zero-order valence-electron chi connectivity index (χ0n) is 11.3. The third-order valence-electron chi connectivity index (χ3n) is 4.07. The maximum atomic E-state index is 10.1. The average molecular weight is 241 g/mol. The molecule has 1 saturated carbocycles. The van der Waals surface area contributed by atoms with Gasteiger partial charge in [0.2, 0.25) is 6.41 Å². The van der Waals surface area contributed by atoms with E-state index in [0.717, 1.165) is 19.3 Å². The Morgan fingerprint density at radius 2 is 2.18 bits per heavy atom. The molecule has 1 aliphatic carbocycles. The van der Waals surface area contributed by atoms with E-state index in [4.69, 9.17) is 4.65 Å². The Balaban J connectivity index is 2.54. The lowest BCUT2D eigenvalue weighted by atomic mass is 9.64. The molecule has 2 atom stereocenters. The molecule has 0 aromatic carbocycles. The van der Waals surface area contributed by atoms with Crippen molar-refractivity contribution >= 4 is 13.5 Å². The van der Waals surface area contributed by atoms with Crippen molar-refractivity contribution in [3.05, 3.63) is 0 Å². The number of carbonyl (C=O) groups is 1. The van der Waals surface area contributed by atoms with Crippen molar-refractivity contribution in [2.45, 2.75) is 52.6 Å². The van der Waals surface area contributed by atoms with Gasteiger partial charge in [-0.05, 0) is 37.5 Å². The maximum Gasteiger partial charge on any atom is 0.475 e. The van der Waals surface area contributed by atoms with Gasteiger partial charge in [0, 0.05) is 0 Å². The van der Waals surface area contributed by atoms with Crippen molar-refractivity contribution in [1.29, 1.82) is 0 Å². The molecule has 17 heavy (non-hydrogen) atoms. The number of hydrogen-bond donors (Lipinski definition) is 2. The zero-order valence-corrected chi connectivity index (χ0v) is 11.3. The topological polar surface area (TPSA) is 58.6 Å². The molecule has 0 bridgehead atoms. The first-order valence-corrected chi connectivity index (χ1v) is 6.32. The Hall–Kier alpha value is -0.545. The molecule has 0 radical (unpaired) electrons. The summed E-state index contributed by atoms with van der Waals surface area (Å²) in [7, 11) is -0.922. The highest BCUT2D eigenvalue weighted by atomic mass is 16.5. The minimum absolute atomic E-state index is 0.148. The second-order valence-corrected chi connectivity index (χ2v) is 6.15. The second kappa shape index (κ2) is 5.40. The standard InChI is InChI=1S/C12H24BNO3/c1-10-5-6-12(4,7-11(10,2)3)17-13(16)8-14-9-15/h9-10,16H,5-8H2,1-4H3,(H,14,15)/t10-,12+/m0/s1. The lowest BCUT2D eigenvalue weighted by molar-refractivity contribution is -0.109. The number of rotatable bonds is 5. The minimum Gasteiger partial charge on any atom is -0.426 e. The van der Waals surface area contributed by atoms with Gasteiger partial charge < -0.3 is 15.0 Å². The normalized spacial score (nSPS) is 31.9. The average Bonchev–Trinajstić information content (AvgIpc) is 2.20. The molecule has 98 valence electrons. The van der Waals surface area contributed by atoms with E-state index < -0.39 is 7.12 Å². The summed E-state index contributed by atoms with van der Waals surface area (Å²) >= 11 is 0. The van der Waals surface area contributed by atoms with Crippen LogP contribution in [-0.4, -0.2) is 30.6 Å². The second-order valence-electron chi connectivity index (χ2n) is 6.15. The Labute approximate surface area is 104 Å². The minimum atomic E-state index is -0.922. The molecule has 0 heterocycles. The third kappa shape index (κ3) is 4.00. The smallest absolute Gasteiger partial charge is 0.426 e. The summed E-state index contributed by atoms with van der Waals surface area (Å²) in [6.45, 7) is 8.80. The first-order chi connectivity index (χ1) is 7.79. The van der Waals surface area contributed by atoms with Crippen LogP contribution in [0.25, 0.3) is 0 Å². The van der Waals surface area contributed by atoms with Crippen molar-refractivity contribution in [1.82, 2.24) is 5.32 Å². The molecule has 1 fully saturated rings. The van der Waals surface area contributed by atoms with Crippen LogP contribution in [0, 0.1) is 11.3 Å². The van der Waals surface area contributed by atoms with Crippen LogP contribution in [0.1, 0.15) is 47.0 Å². The highest BCUT2D eigenvalue weighted by Gasteiger charge is 2.42. The SMILES string of the molecule is C[C@H]1CC[C@@](C)(OB(O)CNC=O)CC1(C)C. The fourth-order valence-electron chi connectivity index (χ4n) is 2.76. The van der Waals surface area contributed by atoms with E-state index in [1.165, 1.54) is 0 Å². The van der Waals surface area contributed by atoms with E-state index >= 15 is 0 Å². The molecule has 0 saturated heterocycles. The van der Waals surface area contributed by atoms with E-state index in [2.05, 4.69) is 26.1 Å². The predicted molar refractivity (Wildman–Crippen MR) is 68.3 cm³/mol. The molecular formula is C12H24BNO3. The van der Waals surface area contributed by atoms with Crippen LogP contribution in [0.2, 0.25) is 0 Å². The van der Waals surface area contributed by atoms with E-state index in [0.29, 0.717) is 12.3 Å². The number of carbonyl (C=O) groups excluding carboxylic acids is 1. The summed E-state index contributed by atoms with van der Waals surface area (Å²) in [5.74, 6) is 0.671. The third-order valence-corrected chi connectivity index (χ3v) is 4.07. The summed E-state index contributed by atoms with van der Waals surface area (Å²) in [6.07, 6.45) is 3.71. The molecule has 0 aromatic rings. The van der Waals surface area contributed by atoms with Gasteiger partial charge in [-0.1, -0.05) is 20.8 Å². The fourth-order valence-corrected chi connectivity index (χ4v) is 2.76. The molecule has 0 aromatic heterocycles. The highest BCUT2D eigenvalue weighted by Crippen LogP contribution is 2.46. The fraction of sp³-hybridized carbons (Fsp3) is 0.917. The summed E-state index contributed by atoms with van der Waals surface area (Å²) in [5.41, 5.74) is -0.0647. The number of amides is 1. The Bertz CT molecular complexity index is 272. The lowest BCUT2D eigenvalue weighted by Gasteiger charge is -2.47. The predicted octanol–water partition coefficient (Wildman–Crippen LogP) is 1.37. The van der Waals surface area contributed by atoms with Gasteiger partial charge in [0.15, 0.2) is 0 Å². The molecule has 1 amide bonds. The molecule has 5 heteroatoms. The van der Waals surface area contributed by atoms with E-state index in [1.807, 2.05) is 6.92 Å². The van der Waals surface area contributed by atoms with Crippen LogP contribution in [0.4, 0.5) is 0 Å². The molecule has 1 aliphatic rings. The molecule has 4 nitrogen and oxygen atoms in total. The van der Waals surface area contributed by atoms with E-state index in [9.17, 15) is 9.82 Å². The quantitative estimate of drug-likeness (QED) is 0.564. The first kappa shape index (κ1) is 14.5. The molecule has 0 unspecified atom stereocenters. The monoisotopic (exact) mass is 241 g/mol. The lowest BCUT2D eigenvalue weighted by Crippen LogP contribution is -2.48. The summed E-state index contributed by atoms with van der Waals surface area (Å²) in [4.78, 5) is 10.1. The van der Waals surface area contributed by atoms with Crippen molar-refractivity contribution in [2.24, 2.45) is 11.3 Å². The molecule has 0 aliphatic heterocycles. The largest absolute Gasteiger partial charge is 0.475 e. The van der Waals surface area contributed by atoms with Crippen molar-refractivity contribution in [2.75, 3.05) is 6.44 Å². The highest BCUT2D eigenvalue weighted by molar-refractivity contribution is 6.43. The van der Waals surface area contributed by atoms with Gasteiger partial charge >= 0.3 is 7.12 Å². The van der Waals surface area contributed by atoms with Gasteiger partial charge in [0.05, 0.1) is 12.0 Å². The van der Waals surface area contributed by atoms with Gasteiger partial charge in [0.25, 0.3) is 0 Å². The van der Waals surface area contributed by atoms with Gasteiger partial charge in [-0.25, -0.2) is 0 Å². The number of hydrogen-bond acceptors (Lipinski definition) is 3. The molecule has 1 rings (SSSR count). The van der Waals surface area contributed by atoms with Gasteiger partial charge in [-0.15, -0.1) is 0 Å². The maximum absolute atomic E-state index is 10.1. The summed E-state index contributed by atoms with van der Waals surface area (Å²) in [5, 5.41) is 12.1. The van der Waals surface area contributed by atoms with Crippen molar-refractivity contribution in [3.63, 3.8) is 0 Å². The van der Waals surface area contributed by atoms with Crippen LogP contribution in [-0.2, 0) is 9.45 Å². The van der Waals surface area contributed by atoms with Crippen LogP contribution in [0.15, 0.2) is 0 Å². The molecule has 2 N–H and O–H groups in total. The van der Waals surface area contributed by atoms with Crippen LogP contribution >= 0.6 is 0 Å². The zero-order chi connectivity index (χ0) is 13.1. The van der Waals surface area contributed by atoms with Gasteiger partial charge in [-0.2, -0.15) is 0 Å². The summed E-state index contributed by atoms with van der Waals surface area (Å²) in [6, 6.07) is 0. The van der Waals surface area contributed by atoms with E-state index in [-0.39, 0.29) is 17.5 Å². The molecular weight excluding hydrogens is 217 g/mol. The van der Waals surface area contributed by atoms with Crippen molar-refractivity contribution in [3.8, 4) is 0 Å². The first-order valence-electron chi connectivity index (χ1n) is 6.32. The van der Waals surface area contributed by atoms with Gasteiger partial charge in [-0.3, -0.25) is 4.79 Å². The Kier molecular flexibility index (Phi) is 4.61. The van der Waals surface area contributed by atoms with E-state index in [1.54, 1.807) is 0 Å². The van der Waals surface area contributed by atoms with Crippen LogP contribution < -0.4 is 5.32 Å². The van der Waals surface area contributed by atoms with Gasteiger partial charge in [0.1, 0.15) is 0 Å². The Morgan fingerprint density at radius 1 is 1.53 bits per heavy atom. The van der Waals surface area contributed by atoms with Crippen LogP contribution in [0.5, 0.6) is 0 Å². The van der Waals surface area contributed by atoms with Crippen molar-refractivity contribution < 1.29 is 14.5 Å². The summed E-state index contributed by atoms with van der Waals surface area (Å²) < 4.78 is 5.70. The van der Waals surface area contributed by atoms with Crippen LogP contribution in [0.3, 0.4) is 0 Å².